The quantitative estimate of drug-likeness (QED) is 0.756. The van der Waals surface area contributed by atoms with Gasteiger partial charge in [0, 0.05) is 12.8 Å². The highest BCUT2D eigenvalue weighted by Crippen LogP contribution is 2.03. The van der Waals surface area contributed by atoms with Crippen LogP contribution in [0.25, 0.3) is 0 Å². The first kappa shape index (κ1) is 13.5. The fraction of sp³-hybridized carbons (Fsp3) is 0.462. The summed E-state index contributed by atoms with van der Waals surface area (Å²) in [5.74, 6) is -0.0160. The Labute approximate surface area is 102 Å². The molecule has 0 saturated heterocycles. The molecule has 0 heterocycles. The van der Waals surface area contributed by atoms with Crippen molar-refractivity contribution in [2.24, 2.45) is 0 Å². The number of para-hydroxylation sites is 1. The van der Waals surface area contributed by atoms with Crippen molar-refractivity contribution >= 4 is 11.6 Å². The van der Waals surface area contributed by atoms with Gasteiger partial charge in [0.05, 0.1) is 19.2 Å². The molecule has 0 aliphatic carbocycles. The van der Waals surface area contributed by atoms with Crippen LogP contribution in [0.5, 0.6) is 0 Å². The van der Waals surface area contributed by atoms with E-state index >= 15 is 0 Å². The third-order valence-electron chi connectivity index (χ3n) is 2.45. The van der Waals surface area contributed by atoms with Gasteiger partial charge < -0.3 is 15.4 Å². The number of rotatable bonds is 7. The maximum Gasteiger partial charge on any atom is 0.239 e. The van der Waals surface area contributed by atoms with Crippen molar-refractivity contribution in [2.75, 3.05) is 25.6 Å². The van der Waals surface area contributed by atoms with Crippen LogP contribution in [0.15, 0.2) is 30.3 Å². The first-order chi connectivity index (χ1) is 8.26. The van der Waals surface area contributed by atoms with E-state index in [-0.39, 0.29) is 18.5 Å². The Bertz CT molecular complexity index is 327. The highest BCUT2D eigenvalue weighted by atomic mass is 16.5. The number of benzene rings is 1. The zero-order valence-electron chi connectivity index (χ0n) is 10.4. The Balaban J connectivity index is 2.30. The smallest absolute Gasteiger partial charge is 0.239 e. The summed E-state index contributed by atoms with van der Waals surface area (Å²) in [7, 11) is 1.64. The van der Waals surface area contributed by atoms with Crippen molar-refractivity contribution in [3.8, 4) is 0 Å². The molecule has 0 aliphatic heterocycles. The van der Waals surface area contributed by atoms with Crippen LogP contribution < -0.4 is 10.6 Å². The van der Waals surface area contributed by atoms with Gasteiger partial charge in [0.2, 0.25) is 5.91 Å². The number of anilines is 1. The molecule has 1 aromatic rings. The van der Waals surface area contributed by atoms with Crippen molar-refractivity contribution in [2.45, 2.75) is 19.4 Å². The van der Waals surface area contributed by atoms with Crippen LogP contribution in [0, 0.1) is 0 Å². The molecule has 0 aliphatic rings. The number of carbonyl (C=O) groups excluding carboxylic acids is 1. The summed E-state index contributed by atoms with van der Waals surface area (Å²) < 4.78 is 5.02. The molecule has 1 atom stereocenters. The largest absolute Gasteiger partial charge is 0.383 e. The van der Waals surface area contributed by atoms with Crippen LogP contribution >= 0.6 is 0 Å². The maximum absolute atomic E-state index is 11.6. The van der Waals surface area contributed by atoms with Gasteiger partial charge >= 0.3 is 0 Å². The highest BCUT2D eigenvalue weighted by Gasteiger charge is 2.09. The van der Waals surface area contributed by atoms with E-state index in [0.717, 1.165) is 12.1 Å². The van der Waals surface area contributed by atoms with Gasteiger partial charge in [0.1, 0.15) is 0 Å². The summed E-state index contributed by atoms with van der Waals surface area (Å²) in [5.41, 5.74) is 0.947. The molecule has 1 aromatic carbocycles. The zero-order valence-corrected chi connectivity index (χ0v) is 10.4. The Kier molecular flexibility index (Phi) is 6.10. The van der Waals surface area contributed by atoms with Crippen LogP contribution in [-0.2, 0) is 9.53 Å². The van der Waals surface area contributed by atoms with Gasteiger partial charge in [0.15, 0.2) is 0 Å². The van der Waals surface area contributed by atoms with E-state index in [1.165, 1.54) is 0 Å². The third kappa shape index (κ3) is 5.36. The second-order valence-electron chi connectivity index (χ2n) is 3.85. The molecule has 0 radical (unpaired) electrons. The lowest BCUT2D eigenvalue weighted by atomic mass is 10.2. The van der Waals surface area contributed by atoms with E-state index in [0.29, 0.717) is 6.61 Å². The summed E-state index contributed by atoms with van der Waals surface area (Å²) in [5, 5.41) is 5.97. The Hall–Kier alpha value is -1.55. The van der Waals surface area contributed by atoms with E-state index in [1.807, 2.05) is 37.3 Å². The van der Waals surface area contributed by atoms with Gasteiger partial charge in [-0.15, -0.1) is 0 Å². The summed E-state index contributed by atoms with van der Waals surface area (Å²) in [4.78, 5) is 11.6. The number of carbonyl (C=O) groups is 1. The normalized spacial score (nSPS) is 11.9. The molecule has 1 amide bonds. The van der Waals surface area contributed by atoms with Crippen molar-refractivity contribution in [3.05, 3.63) is 30.3 Å². The monoisotopic (exact) mass is 236 g/mol. The van der Waals surface area contributed by atoms with E-state index in [9.17, 15) is 4.79 Å². The molecule has 2 N–H and O–H groups in total. The van der Waals surface area contributed by atoms with Crippen LogP contribution in [0.3, 0.4) is 0 Å². The zero-order chi connectivity index (χ0) is 12.5. The maximum atomic E-state index is 11.6. The predicted molar refractivity (Wildman–Crippen MR) is 69.0 cm³/mol. The van der Waals surface area contributed by atoms with Gasteiger partial charge in [-0.3, -0.25) is 4.79 Å². The lowest BCUT2D eigenvalue weighted by molar-refractivity contribution is -0.120. The van der Waals surface area contributed by atoms with Gasteiger partial charge in [-0.2, -0.15) is 0 Å². The molecule has 0 bridgehead atoms. The molecule has 1 rings (SSSR count). The van der Waals surface area contributed by atoms with Crippen LogP contribution in [0.4, 0.5) is 5.69 Å². The third-order valence-corrected chi connectivity index (χ3v) is 2.45. The minimum Gasteiger partial charge on any atom is -0.383 e. The molecule has 0 fully saturated rings. The number of hydrogen-bond acceptors (Lipinski definition) is 3. The standard InChI is InChI=1S/C13H20N2O2/c1-3-11(10-17-2)15-13(16)9-14-12-7-5-4-6-8-12/h4-8,11,14H,3,9-10H2,1-2H3,(H,15,16). The minimum atomic E-state index is -0.0160. The summed E-state index contributed by atoms with van der Waals surface area (Å²) >= 11 is 0. The molecule has 0 saturated carbocycles. The minimum absolute atomic E-state index is 0.0160. The van der Waals surface area contributed by atoms with E-state index in [1.54, 1.807) is 7.11 Å². The number of methoxy groups -OCH3 is 1. The molecule has 17 heavy (non-hydrogen) atoms. The Morgan fingerprint density at radius 1 is 1.35 bits per heavy atom. The van der Waals surface area contributed by atoms with Gasteiger partial charge in [0.25, 0.3) is 0 Å². The van der Waals surface area contributed by atoms with E-state index in [4.69, 9.17) is 4.74 Å². The summed E-state index contributed by atoms with van der Waals surface area (Å²) in [6.45, 7) is 2.85. The van der Waals surface area contributed by atoms with E-state index < -0.39 is 0 Å². The Morgan fingerprint density at radius 3 is 2.65 bits per heavy atom. The average molecular weight is 236 g/mol. The van der Waals surface area contributed by atoms with Gasteiger partial charge in [-0.25, -0.2) is 0 Å². The fourth-order valence-corrected chi connectivity index (χ4v) is 1.48. The average Bonchev–Trinajstić information content (AvgIpc) is 2.37. The molecule has 94 valence electrons. The number of hydrogen-bond donors (Lipinski definition) is 2. The van der Waals surface area contributed by atoms with Crippen molar-refractivity contribution in [1.82, 2.24) is 5.32 Å². The highest BCUT2D eigenvalue weighted by molar-refractivity contribution is 5.80. The van der Waals surface area contributed by atoms with Crippen molar-refractivity contribution < 1.29 is 9.53 Å². The lowest BCUT2D eigenvalue weighted by Gasteiger charge is -2.16. The lowest BCUT2D eigenvalue weighted by Crippen LogP contribution is -2.40. The molecule has 4 nitrogen and oxygen atoms in total. The molecule has 1 unspecified atom stereocenters. The van der Waals surface area contributed by atoms with Crippen LogP contribution in [-0.4, -0.2) is 32.2 Å². The Morgan fingerprint density at radius 2 is 2.06 bits per heavy atom. The van der Waals surface area contributed by atoms with Crippen LogP contribution in [0.1, 0.15) is 13.3 Å². The molecular formula is C13H20N2O2. The summed E-state index contributed by atoms with van der Waals surface area (Å²) in [6.07, 6.45) is 0.866. The van der Waals surface area contributed by atoms with Gasteiger partial charge in [-0.05, 0) is 18.6 Å². The second-order valence-corrected chi connectivity index (χ2v) is 3.85. The number of ether oxygens (including phenoxy) is 1. The van der Waals surface area contributed by atoms with Crippen molar-refractivity contribution in [1.29, 1.82) is 0 Å². The molecule has 4 heteroatoms. The first-order valence-corrected chi connectivity index (χ1v) is 5.83. The topological polar surface area (TPSA) is 50.4 Å². The molecule has 0 aromatic heterocycles. The number of amides is 1. The van der Waals surface area contributed by atoms with E-state index in [2.05, 4.69) is 10.6 Å². The second kappa shape index (κ2) is 7.68. The predicted octanol–water partition coefficient (Wildman–Crippen LogP) is 1.64. The number of nitrogens with one attached hydrogen (secondary N) is 2. The van der Waals surface area contributed by atoms with Gasteiger partial charge in [-0.1, -0.05) is 25.1 Å². The molecule has 0 spiro atoms. The van der Waals surface area contributed by atoms with Crippen molar-refractivity contribution in [3.63, 3.8) is 0 Å². The fourth-order valence-electron chi connectivity index (χ4n) is 1.48. The molecular weight excluding hydrogens is 216 g/mol. The SMILES string of the molecule is CCC(COC)NC(=O)CNc1ccccc1. The summed E-state index contributed by atoms with van der Waals surface area (Å²) in [6, 6.07) is 9.75. The first-order valence-electron chi connectivity index (χ1n) is 5.83. The van der Waals surface area contributed by atoms with Crippen LogP contribution in [0.2, 0.25) is 0 Å².